The van der Waals surface area contributed by atoms with E-state index in [1.54, 1.807) is 0 Å². The van der Waals surface area contributed by atoms with Crippen LogP contribution in [0.1, 0.15) is 19.4 Å². The summed E-state index contributed by atoms with van der Waals surface area (Å²) in [5, 5.41) is 14.9. The van der Waals surface area contributed by atoms with Gasteiger partial charge in [0.15, 0.2) is 0 Å². The summed E-state index contributed by atoms with van der Waals surface area (Å²) in [6, 6.07) is 9.86. The van der Waals surface area contributed by atoms with E-state index in [0.717, 1.165) is 11.3 Å². The van der Waals surface area contributed by atoms with Crippen molar-refractivity contribution in [3.63, 3.8) is 0 Å². The van der Waals surface area contributed by atoms with E-state index in [1.165, 1.54) is 0 Å². The van der Waals surface area contributed by atoms with Gasteiger partial charge < -0.3 is 10.6 Å². The highest BCUT2D eigenvalue weighted by Crippen LogP contribution is 2.25. The van der Waals surface area contributed by atoms with Crippen LogP contribution < -0.4 is 10.6 Å². The lowest BCUT2D eigenvalue weighted by Gasteiger charge is -2.18. The van der Waals surface area contributed by atoms with Gasteiger partial charge in [0.2, 0.25) is 5.91 Å². The summed E-state index contributed by atoms with van der Waals surface area (Å²) in [5.74, 6) is -0.0467. The largest absolute Gasteiger partial charge is 0.373 e. The van der Waals surface area contributed by atoms with Gasteiger partial charge in [-0.25, -0.2) is 0 Å². The Labute approximate surface area is 107 Å². The molecule has 1 atom stereocenters. The first-order valence-electron chi connectivity index (χ1n) is 6.05. The minimum absolute atomic E-state index is 0.0467. The van der Waals surface area contributed by atoms with Crippen molar-refractivity contribution >= 4 is 11.6 Å². The Bertz CT molecular complexity index is 477. The second kappa shape index (κ2) is 4.69. The standard InChI is InChI=1S/C14H17N3O/c1-14(2,8-15)9-16-13(18)12-7-10-5-3-4-6-11(10)17-12/h3-6,12,17H,7,9H2,1-2H3,(H,16,18)/t12-/m0/s1. The highest BCUT2D eigenvalue weighted by atomic mass is 16.2. The lowest BCUT2D eigenvalue weighted by molar-refractivity contribution is -0.122. The molecule has 0 aromatic heterocycles. The average molecular weight is 243 g/mol. The monoisotopic (exact) mass is 243 g/mol. The summed E-state index contributed by atoms with van der Waals surface area (Å²) >= 11 is 0. The van der Waals surface area contributed by atoms with Gasteiger partial charge in [-0.2, -0.15) is 5.26 Å². The van der Waals surface area contributed by atoms with Crippen molar-refractivity contribution in [1.82, 2.24) is 5.32 Å². The maximum Gasteiger partial charge on any atom is 0.242 e. The number of nitrogens with one attached hydrogen (secondary N) is 2. The highest BCUT2D eigenvalue weighted by Gasteiger charge is 2.27. The number of carbonyl (C=O) groups is 1. The van der Waals surface area contributed by atoms with E-state index in [2.05, 4.69) is 16.7 Å². The Kier molecular flexibility index (Phi) is 3.24. The van der Waals surface area contributed by atoms with Gasteiger partial charge in [0.05, 0.1) is 11.5 Å². The summed E-state index contributed by atoms with van der Waals surface area (Å²) in [4.78, 5) is 12.0. The average Bonchev–Trinajstić information content (AvgIpc) is 2.80. The van der Waals surface area contributed by atoms with Crippen LogP contribution in [0.25, 0.3) is 0 Å². The Morgan fingerprint density at radius 2 is 2.28 bits per heavy atom. The molecule has 0 spiro atoms. The first-order chi connectivity index (χ1) is 8.52. The molecule has 0 radical (unpaired) electrons. The zero-order chi connectivity index (χ0) is 13.2. The number of fused-ring (bicyclic) bond motifs is 1. The molecule has 1 aliphatic rings. The van der Waals surface area contributed by atoms with Crippen LogP contribution in [0.5, 0.6) is 0 Å². The molecular weight excluding hydrogens is 226 g/mol. The third-order valence-corrected chi connectivity index (χ3v) is 3.09. The van der Waals surface area contributed by atoms with Crippen LogP contribution in [0.15, 0.2) is 24.3 Å². The second-order valence-electron chi connectivity index (χ2n) is 5.27. The Morgan fingerprint density at radius 3 is 2.94 bits per heavy atom. The van der Waals surface area contributed by atoms with Crippen LogP contribution in [0.2, 0.25) is 0 Å². The highest BCUT2D eigenvalue weighted by molar-refractivity contribution is 5.87. The van der Waals surface area contributed by atoms with Crippen LogP contribution in [0, 0.1) is 16.7 Å². The number of nitrogens with zero attached hydrogens (tertiary/aromatic N) is 1. The van der Waals surface area contributed by atoms with Crippen molar-refractivity contribution < 1.29 is 4.79 Å². The Morgan fingerprint density at radius 1 is 1.56 bits per heavy atom. The van der Waals surface area contributed by atoms with Gasteiger partial charge in [-0.1, -0.05) is 18.2 Å². The van der Waals surface area contributed by atoms with E-state index in [4.69, 9.17) is 5.26 Å². The van der Waals surface area contributed by atoms with E-state index in [9.17, 15) is 4.79 Å². The van der Waals surface area contributed by atoms with Gasteiger partial charge in [-0.15, -0.1) is 0 Å². The van der Waals surface area contributed by atoms with Crippen LogP contribution in [0.3, 0.4) is 0 Å². The number of benzene rings is 1. The molecule has 1 aromatic rings. The van der Waals surface area contributed by atoms with Crippen LogP contribution >= 0.6 is 0 Å². The van der Waals surface area contributed by atoms with Crippen molar-refractivity contribution in [3.05, 3.63) is 29.8 Å². The third kappa shape index (κ3) is 2.62. The fraction of sp³-hybridized carbons (Fsp3) is 0.429. The number of carbonyl (C=O) groups excluding carboxylic acids is 1. The minimum atomic E-state index is -0.527. The fourth-order valence-electron chi connectivity index (χ4n) is 1.93. The molecule has 4 nitrogen and oxygen atoms in total. The number of nitriles is 1. The number of amides is 1. The predicted molar refractivity (Wildman–Crippen MR) is 70.0 cm³/mol. The van der Waals surface area contributed by atoms with Gasteiger partial charge in [-0.05, 0) is 25.5 Å². The Balaban J connectivity index is 1.92. The summed E-state index contributed by atoms with van der Waals surface area (Å²) in [6.45, 7) is 3.99. The first kappa shape index (κ1) is 12.4. The molecule has 0 saturated carbocycles. The van der Waals surface area contributed by atoms with Gasteiger partial charge in [0.25, 0.3) is 0 Å². The number of hydrogen-bond donors (Lipinski definition) is 2. The van der Waals surface area contributed by atoms with Crippen LogP contribution in [-0.2, 0) is 11.2 Å². The van der Waals surface area contributed by atoms with E-state index in [-0.39, 0.29) is 11.9 Å². The molecule has 1 aliphatic heterocycles. The summed E-state index contributed by atoms with van der Waals surface area (Å²) < 4.78 is 0. The summed E-state index contributed by atoms with van der Waals surface area (Å²) in [5.41, 5.74) is 1.66. The SMILES string of the molecule is CC(C)(C#N)CNC(=O)[C@@H]1Cc2ccccc2N1. The lowest BCUT2D eigenvalue weighted by atomic mass is 9.96. The smallest absolute Gasteiger partial charge is 0.242 e. The van der Waals surface area contributed by atoms with Crippen molar-refractivity contribution in [2.45, 2.75) is 26.3 Å². The number of hydrogen-bond acceptors (Lipinski definition) is 3. The molecule has 1 aromatic carbocycles. The molecule has 18 heavy (non-hydrogen) atoms. The number of rotatable bonds is 3. The number of anilines is 1. The van der Waals surface area contributed by atoms with E-state index < -0.39 is 5.41 Å². The molecule has 0 aliphatic carbocycles. The van der Waals surface area contributed by atoms with Crippen molar-refractivity contribution in [2.75, 3.05) is 11.9 Å². The molecule has 1 amide bonds. The van der Waals surface area contributed by atoms with Crippen molar-refractivity contribution in [2.24, 2.45) is 5.41 Å². The van der Waals surface area contributed by atoms with Crippen LogP contribution in [-0.4, -0.2) is 18.5 Å². The first-order valence-corrected chi connectivity index (χ1v) is 6.05. The minimum Gasteiger partial charge on any atom is -0.373 e. The van der Waals surface area contributed by atoms with Gasteiger partial charge in [0, 0.05) is 18.7 Å². The lowest BCUT2D eigenvalue weighted by Crippen LogP contribution is -2.42. The summed E-state index contributed by atoms with van der Waals surface area (Å²) in [7, 11) is 0. The van der Waals surface area contributed by atoms with Gasteiger partial charge in [0.1, 0.15) is 6.04 Å². The molecule has 0 fully saturated rings. The molecule has 2 rings (SSSR count). The zero-order valence-corrected chi connectivity index (χ0v) is 10.7. The van der Waals surface area contributed by atoms with E-state index in [1.807, 2.05) is 38.1 Å². The molecular formula is C14H17N3O. The number of para-hydroxylation sites is 1. The maximum atomic E-state index is 12.0. The van der Waals surface area contributed by atoms with Gasteiger partial charge in [-0.3, -0.25) is 4.79 Å². The molecule has 94 valence electrons. The van der Waals surface area contributed by atoms with E-state index in [0.29, 0.717) is 13.0 Å². The topological polar surface area (TPSA) is 64.9 Å². The summed E-state index contributed by atoms with van der Waals surface area (Å²) in [6.07, 6.45) is 0.703. The maximum absolute atomic E-state index is 12.0. The molecule has 4 heteroatoms. The normalized spacial score (nSPS) is 17.5. The van der Waals surface area contributed by atoms with Crippen molar-refractivity contribution in [3.8, 4) is 6.07 Å². The zero-order valence-electron chi connectivity index (χ0n) is 10.7. The molecule has 0 bridgehead atoms. The molecule has 0 unspecified atom stereocenters. The predicted octanol–water partition coefficient (Wildman–Crippen LogP) is 1.69. The fourth-order valence-corrected chi connectivity index (χ4v) is 1.93. The second-order valence-corrected chi connectivity index (χ2v) is 5.27. The third-order valence-electron chi connectivity index (χ3n) is 3.09. The molecule has 1 heterocycles. The van der Waals surface area contributed by atoms with Crippen LogP contribution in [0.4, 0.5) is 5.69 Å². The quantitative estimate of drug-likeness (QED) is 0.849. The molecule has 2 N–H and O–H groups in total. The van der Waals surface area contributed by atoms with Gasteiger partial charge >= 0.3 is 0 Å². The van der Waals surface area contributed by atoms with Crippen molar-refractivity contribution in [1.29, 1.82) is 5.26 Å². The molecule has 0 saturated heterocycles. The van der Waals surface area contributed by atoms with E-state index >= 15 is 0 Å². The Hall–Kier alpha value is -2.02.